The van der Waals surface area contributed by atoms with E-state index >= 15 is 0 Å². The van der Waals surface area contributed by atoms with Gasteiger partial charge in [-0.25, -0.2) is 14.2 Å². The van der Waals surface area contributed by atoms with Gasteiger partial charge >= 0.3 is 5.97 Å². The van der Waals surface area contributed by atoms with Gasteiger partial charge in [-0.2, -0.15) is 0 Å². The average molecular weight is 566 g/mol. The number of hydrogen-bond acceptors (Lipinski definition) is 6. The van der Waals surface area contributed by atoms with Gasteiger partial charge < -0.3 is 19.3 Å². The third-order valence-corrected chi connectivity index (χ3v) is 6.97. The van der Waals surface area contributed by atoms with Gasteiger partial charge in [0.2, 0.25) is 5.88 Å². The Morgan fingerprint density at radius 1 is 0.857 bits per heavy atom. The van der Waals surface area contributed by atoms with Crippen LogP contribution in [0.3, 0.4) is 0 Å². The van der Waals surface area contributed by atoms with Gasteiger partial charge in [0, 0.05) is 16.9 Å². The highest BCUT2D eigenvalue weighted by atomic mass is 19.1. The molecule has 1 atom stereocenters. The molecule has 0 spiro atoms. The standard InChI is InChI=1S/C35H32FNO5/c1-23-17-27(13-16-31(23)36)33-29-15-14-28(40-20-25-9-5-3-6-10-25)18-30(29)35(37-34(33)24(2)19-38)42-22-32(39)41-21-26-11-7-4-8-12-26/h3-18,24,38H,19-22H2,1-2H3. The zero-order valence-electron chi connectivity index (χ0n) is 23.5. The number of aliphatic hydroxyl groups is 1. The minimum absolute atomic E-state index is 0.129. The number of aromatic nitrogens is 1. The number of aliphatic hydroxyl groups excluding tert-OH is 1. The van der Waals surface area contributed by atoms with Crippen molar-refractivity contribution in [1.82, 2.24) is 4.98 Å². The molecule has 5 aromatic rings. The molecule has 0 amide bonds. The van der Waals surface area contributed by atoms with E-state index in [-0.39, 0.29) is 37.4 Å². The maximum Gasteiger partial charge on any atom is 0.344 e. The average Bonchev–Trinajstić information content (AvgIpc) is 3.03. The number of carbonyl (C=O) groups is 1. The van der Waals surface area contributed by atoms with Crippen LogP contribution in [0.4, 0.5) is 4.39 Å². The van der Waals surface area contributed by atoms with Crippen molar-refractivity contribution in [3.8, 4) is 22.8 Å². The summed E-state index contributed by atoms with van der Waals surface area (Å²) in [5.41, 5.74) is 4.46. The molecule has 0 aliphatic rings. The van der Waals surface area contributed by atoms with E-state index in [0.717, 1.165) is 27.6 Å². The molecule has 1 N–H and O–H groups in total. The Bertz CT molecular complexity index is 1670. The van der Waals surface area contributed by atoms with Crippen molar-refractivity contribution < 1.29 is 28.5 Å². The minimum Gasteiger partial charge on any atom is -0.489 e. The topological polar surface area (TPSA) is 77.9 Å². The summed E-state index contributed by atoms with van der Waals surface area (Å²) in [6, 6.07) is 29.7. The first-order valence-electron chi connectivity index (χ1n) is 13.8. The molecule has 0 saturated carbocycles. The molecule has 1 aromatic heterocycles. The van der Waals surface area contributed by atoms with E-state index in [2.05, 4.69) is 0 Å². The van der Waals surface area contributed by atoms with Crippen LogP contribution in [0, 0.1) is 12.7 Å². The van der Waals surface area contributed by atoms with Gasteiger partial charge in [-0.1, -0.05) is 73.7 Å². The Hall–Kier alpha value is -4.75. The zero-order chi connectivity index (χ0) is 29.5. The molecule has 0 bridgehead atoms. The molecule has 7 heteroatoms. The molecule has 0 saturated heterocycles. The number of rotatable bonds is 11. The number of hydrogen-bond donors (Lipinski definition) is 1. The highest BCUT2D eigenvalue weighted by Gasteiger charge is 2.22. The number of ether oxygens (including phenoxy) is 3. The quantitative estimate of drug-likeness (QED) is 0.172. The maximum absolute atomic E-state index is 14.2. The van der Waals surface area contributed by atoms with Crippen molar-refractivity contribution in [3.05, 3.63) is 125 Å². The van der Waals surface area contributed by atoms with Gasteiger partial charge in [0.05, 0.1) is 12.3 Å². The first-order valence-corrected chi connectivity index (χ1v) is 13.8. The summed E-state index contributed by atoms with van der Waals surface area (Å²) < 4.78 is 31.7. The third kappa shape index (κ3) is 6.75. The van der Waals surface area contributed by atoms with Crippen LogP contribution in [0.25, 0.3) is 21.9 Å². The Morgan fingerprint density at radius 3 is 2.21 bits per heavy atom. The highest BCUT2D eigenvalue weighted by molar-refractivity contribution is 6.01. The molecule has 5 rings (SSSR count). The van der Waals surface area contributed by atoms with Crippen LogP contribution in [0.1, 0.15) is 35.2 Å². The number of fused-ring (bicyclic) bond motifs is 1. The molecular weight excluding hydrogens is 533 g/mol. The summed E-state index contributed by atoms with van der Waals surface area (Å²) in [7, 11) is 0. The third-order valence-electron chi connectivity index (χ3n) is 6.97. The lowest BCUT2D eigenvalue weighted by atomic mass is 9.91. The fraction of sp³-hybridized carbons (Fsp3) is 0.200. The van der Waals surface area contributed by atoms with E-state index in [1.807, 2.05) is 85.8 Å². The van der Waals surface area contributed by atoms with E-state index < -0.39 is 5.97 Å². The predicted octanol–water partition coefficient (Wildman–Crippen LogP) is 7.15. The van der Waals surface area contributed by atoms with Crippen LogP contribution in [-0.4, -0.2) is 29.3 Å². The summed E-state index contributed by atoms with van der Waals surface area (Å²) in [4.78, 5) is 17.4. The van der Waals surface area contributed by atoms with Crippen LogP contribution >= 0.6 is 0 Å². The second-order valence-electron chi connectivity index (χ2n) is 10.1. The Balaban J connectivity index is 1.53. The summed E-state index contributed by atoms with van der Waals surface area (Å²) in [6.07, 6.45) is 0. The van der Waals surface area contributed by atoms with Gasteiger partial charge in [-0.15, -0.1) is 0 Å². The summed E-state index contributed by atoms with van der Waals surface area (Å²) in [5, 5.41) is 11.5. The normalized spacial score (nSPS) is 11.7. The number of nitrogens with zero attached hydrogens (tertiary/aromatic N) is 1. The van der Waals surface area contributed by atoms with Crippen molar-refractivity contribution >= 4 is 16.7 Å². The van der Waals surface area contributed by atoms with E-state index in [1.165, 1.54) is 6.07 Å². The number of esters is 1. The molecule has 0 radical (unpaired) electrons. The zero-order valence-corrected chi connectivity index (χ0v) is 23.5. The van der Waals surface area contributed by atoms with E-state index in [9.17, 15) is 14.3 Å². The van der Waals surface area contributed by atoms with Crippen LogP contribution in [0.5, 0.6) is 11.6 Å². The molecule has 0 fully saturated rings. The maximum atomic E-state index is 14.2. The molecule has 0 aliphatic carbocycles. The lowest BCUT2D eigenvalue weighted by Gasteiger charge is -2.20. The molecule has 0 aliphatic heterocycles. The Morgan fingerprint density at radius 2 is 1.55 bits per heavy atom. The lowest BCUT2D eigenvalue weighted by Crippen LogP contribution is -2.16. The van der Waals surface area contributed by atoms with Crippen molar-refractivity contribution in [3.63, 3.8) is 0 Å². The smallest absolute Gasteiger partial charge is 0.344 e. The first-order chi connectivity index (χ1) is 20.4. The van der Waals surface area contributed by atoms with Crippen LogP contribution in [-0.2, 0) is 22.7 Å². The van der Waals surface area contributed by atoms with Gasteiger partial charge in [0.15, 0.2) is 6.61 Å². The molecule has 1 unspecified atom stereocenters. The Labute approximate surface area is 244 Å². The van der Waals surface area contributed by atoms with E-state index in [1.54, 1.807) is 19.1 Å². The van der Waals surface area contributed by atoms with Gasteiger partial charge in [-0.3, -0.25) is 0 Å². The summed E-state index contributed by atoms with van der Waals surface area (Å²) in [5.74, 6) is -0.409. The van der Waals surface area contributed by atoms with Crippen molar-refractivity contribution in [2.45, 2.75) is 33.0 Å². The van der Waals surface area contributed by atoms with Crippen molar-refractivity contribution in [1.29, 1.82) is 0 Å². The molecule has 4 aromatic carbocycles. The molecule has 6 nitrogen and oxygen atoms in total. The lowest BCUT2D eigenvalue weighted by molar-refractivity contribution is -0.147. The van der Waals surface area contributed by atoms with Crippen LogP contribution in [0.15, 0.2) is 97.1 Å². The number of benzene rings is 4. The first kappa shape index (κ1) is 28.8. The fourth-order valence-electron chi connectivity index (χ4n) is 4.68. The fourth-order valence-corrected chi connectivity index (χ4v) is 4.68. The van der Waals surface area contributed by atoms with Crippen molar-refractivity contribution in [2.75, 3.05) is 13.2 Å². The number of carbonyl (C=O) groups excluding carboxylic acids is 1. The van der Waals surface area contributed by atoms with E-state index in [0.29, 0.717) is 29.0 Å². The van der Waals surface area contributed by atoms with Gasteiger partial charge in [0.25, 0.3) is 0 Å². The van der Waals surface area contributed by atoms with Crippen molar-refractivity contribution in [2.24, 2.45) is 0 Å². The van der Waals surface area contributed by atoms with E-state index in [4.69, 9.17) is 19.2 Å². The summed E-state index contributed by atoms with van der Waals surface area (Å²) in [6.45, 7) is 3.53. The molecular formula is C35H32FNO5. The minimum atomic E-state index is -0.541. The van der Waals surface area contributed by atoms with Gasteiger partial charge in [0.1, 0.15) is 24.8 Å². The predicted molar refractivity (Wildman–Crippen MR) is 160 cm³/mol. The monoisotopic (exact) mass is 565 g/mol. The second kappa shape index (κ2) is 13.3. The van der Waals surface area contributed by atoms with Crippen LogP contribution in [0.2, 0.25) is 0 Å². The van der Waals surface area contributed by atoms with Crippen LogP contribution < -0.4 is 9.47 Å². The molecule has 1 heterocycles. The second-order valence-corrected chi connectivity index (χ2v) is 10.1. The number of halogens is 1. The molecule has 214 valence electrons. The Kier molecular flexibility index (Phi) is 9.09. The number of aryl methyl sites for hydroxylation is 1. The van der Waals surface area contributed by atoms with Gasteiger partial charge in [-0.05, 0) is 64.9 Å². The SMILES string of the molecule is Cc1cc(-c2c(C(C)CO)nc(OCC(=O)OCc3ccccc3)c3cc(OCc4ccccc4)ccc23)ccc1F. The summed E-state index contributed by atoms with van der Waals surface area (Å²) >= 11 is 0. The number of pyridine rings is 1. The molecule has 42 heavy (non-hydrogen) atoms. The highest BCUT2D eigenvalue weighted by Crippen LogP contribution is 2.40. The largest absolute Gasteiger partial charge is 0.489 e.